The van der Waals surface area contributed by atoms with Crippen LogP contribution in [0.25, 0.3) is 11.8 Å². The van der Waals surface area contributed by atoms with E-state index in [4.69, 9.17) is 27.9 Å². The zero-order valence-electron chi connectivity index (χ0n) is 17.6. The normalized spacial score (nSPS) is 18.2. The molecule has 0 aliphatic carbocycles. The summed E-state index contributed by atoms with van der Waals surface area (Å²) in [5.74, 6) is -0.719. The summed E-state index contributed by atoms with van der Waals surface area (Å²) in [5.41, 5.74) is 3.34. The van der Waals surface area contributed by atoms with Crippen LogP contribution in [0.3, 0.4) is 0 Å². The average molecular weight is 494 g/mol. The van der Waals surface area contributed by atoms with Crippen molar-refractivity contribution in [3.8, 4) is 5.69 Å². The van der Waals surface area contributed by atoms with Crippen LogP contribution in [0, 0.1) is 13.8 Å². The number of amides is 3. The van der Waals surface area contributed by atoms with Crippen molar-refractivity contribution >= 4 is 58.1 Å². The molecule has 7 nitrogen and oxygen atoms in total. The number of carbonyl (C=O) groups excluding carboxylic acids is 3. The number of benzene rings is 1. The summed E-state index contributed by atoms with van der Waals surface area (Å²) >= 11 is 13.2. The molecule has 4 rings (SSSR count). The molecule has 0 radical (unpaired) electrons. The van der Waals surface area contributed by atoms with E-state index in [0.29, 0.717) is 36.3 Å². The minimum Gasteiger partial charge on any atom is -0.378 e. The maximum atomic E-state index is 12.9. The molecular formula is C22H21Cl2N3O4S. The summed E-state index contributed by atoms with van der Waals surface area (Å²) < 4.78 is 7.21. The molecule has 3 amide bonds. The van der Waals surface area contributed by atoms with E-state index in [1.54, 1.807) is 23.1 Å². The molecule has 2 saturated heterocycles. The van der Waals surface area contributed by atoms with Gasteiger partial charge in [0.05, 0.1) is 28.8 Å². The quantitative estimate of drug-likeness (QED) is 0.593. The molecule has 2 aliphatic rings. The molecule has 0 unspecified atom stereocenters. The Morgan fingerprint density at radius 2 is 1.88 bits per heavy atom. The summed E-state index contributed by atoms with van der Waals surface area (Å²) in [5, 5.41) is 0.604. The zero-order chi connectivity index (χ0) is 23.0. The number of aryl methyl sites for hydroxylation is 1. The molecule has 10 heteroatoms. The number of morpholine rings is 1. The van der Waals surface area contributed by atoms with E-state index < -0.39 is 11.1 Å². The lowest BCUT2D eigenvalue weighted by Gasteiger charge is -2.28. The van der Waals surface area contributed by atoms with Crippen LogP contribution in [0.15, 0.2) is 29.2 Å². The fourth-order valence-electron chi connectivity index (χ4n) is 3.79. The summed E-state index contributed by atoms with van der Waals surface area (Å²) in [7, 11) is 0. The van der Waals surface area contributed by atoms with E-state index in [9.17, 15) is 14.4 Å². The molecule has 2 aromatic rings. The van der Waals surface area contributed by atoms with E-state index in [1.807, 2.05) is 30.5 Å². The van der Waals surface area contributed by atoms with Crippen molar-refractivity contribution in [2.45, 2.75) is 13.8 Å². The highest BCUT2D eigenvalue weighted by atomic mass is 35.5. The van der Waals surface area contributed by atoms with Crippen LogP contribution in [-0.2, 0) is 14.3 Å². The topological polar surface area (TPSA) is 71.9 Å². The third-order valence-electron chi connectivity index (χ3n) is 5.44. The van der Waals surface area contributed by atoms with Gasteiger partial charge in [-0.15, -0.1) is 0 Å². The van der Waals surface area contributed by atoms with Crippen LogP contribution in [-0.4, -0.2) is 64.3 Å². The summed E-state index contributed by atoms with van der Waals surface area (Å²) in [4.78, 5) is 40.7. The van der Waals surface area contributed by atoms with Gasteiger partial charge in [0, 0.05) is 29.5 Å². The first-order valence-electron chi connectivity index (χ1n) is 10.0. The standard InChI is InChI=1S/C22H21Cl2N3O4S/c1-13-9-15(14(2)27(13)18-4-3-16(23)11-17(18)24)10-19-21(29)26(22(30)32-19)12-20(28)25-5-7-31-8-6-25/h3-4,9-11H,5-8,12H2,1-2H3/b19-10+. The number of hydrogen-bond acceptors (Lipinski definition) is 5. The minimum absolute atomic E-state index is 0.257. The fourth-order valence-corrected chi connectivity index (χ4v) is 5.11. The van der Waals surface area contributed by atoms with Gasteiger partial charge >= 0.3 is 0 Å². The molecule has 0 spiro atoms. The third kappa shape index (κ3) is 4.45. The highest BCUT2D eigenvalue weighted by Crippen LogP contribution is 2.35. The second kappa shape index (κ2) is 9.31. The Kier molecular flexibility index (Phi) is 6.67. The van der Waals surface area contributed by atoms with Crippen molar-refractivity contribution in [3.05, 3.63) is 56.2 Å². The molecule has 1 aromatic carbocycles. The summed E-state index contributed by atoms with van der Waals surface area (Å²) in [6.07, 6.45) is 1.69. The van der Waals surface area contributed by atoms with Crippen molar-refractivity contribution < 1.29 is 19.1 Å². The molecule has 32 heavy (non-hydrogen) atoms. The molecule has 2 fully saturated rings. The Labute approximate surface area is 199 Å². The fraction of sp³-hybridized carbons (Fsp3) is 0.318. The van der Waals surface area contributed by atoms with E-state index in [-0.39, 0.29) is 17.4 Å². The second-order valence-electron chi connectivity index (χ2n) is 7.52. The van der Waals surface area contributed by atoms with E-state index in [2.05, 4.69) is 0 Å². The first-order valence-corrected chi connectivity index (χ1v) is 11.6. The van der Waals surface area contributed by atoms with E-state index in [1.165, 1.54) is 0 Å². The molecule has 0 atom stereocenters. The van der Waals surface area contributed by atoms with Crippen LogP contribution in [0.1, 0.15) is 17.0 Å². The van der Waals surface area contributed by atoms with Gasteiger partial charge in [0.1, 0.15) is 6.54 Å². The highest BCUT2D eigenvalue weighted by molar-refractivity contribution is 8.18. The van der Waals surface area contributed by atoms with Crippen molar-refractivity contribution in [2.24, 2.45) is 0 Å². The first-order chi connectivity index (χ1) is 15.3. The predicted molar refractivity (Wildman–Crippen MR) is 125 cm³/mol. The maximum Gasteiger partial charge on any atom is 0.294 e. The lowest BCUT2D eigenvalue weighted by molar-refractivity contribution is -0.139. The zero-order valence-corrected chi connectivity index (χ0v) is 19.9. The Morgan fingerprint density at radius 1 is 1.16 bits per heavy atom. The van der Waals surface area contributed by atoms with Gasteiger partial charge in [-0.2, -0.15) is 0 Å². The Morgan fingerprint density at radius 3 is 2.56 bits per heavy atom. The lowest BCUT2D eigenvalue weighted by atomic mass is 10.2. The van der Waals surface area contributed by atoms with Gasteiger partial charge in [0.25, 0.3) is 11.1 Å². The Bertz CT molecular complexity index is 1140. The van der Waals surface area contributed by atoms with Crippen molar-refractivity contribution in [1.82, 2.24) is 14.4 Å². The van der Waals surface area contributed by atoms with Gasteiger partial charge in [-0.05, 0) is 61.5 Å². The van der Waals surface area contributed by atoms with E-state index in [0.717, 1.165) is 39.3 Å². The van der Waals surface area contributed by atoms with Crippen LogP contribution in [0.5, 0.6) is 0 Å². The number of carbonyl (C=O) groups is 3. The lowest BCUT2D eigenvalue weighted by Crippen LogP contribution is -2.46. The third-order valence-corrected chi connectivity index (χ3v) is 6.88. The monoisotopic (exact) mass is 493 g/mol. The number of aromatic nitrogens is 1. The average Bonchev–Trinajstić information content (AvgIpc) is 3.18. The number of hydrogen-bond donors (Lipinski definition) is 0. The van der Waals surface area contributed by atoms with Gasteiger partial charge in [-0.3, -0.25) is 19.3 Å². The Balaban J connectivity index is 1.57. The van der Waals surface area contributed by atoms with Gasteiger partial charge in [0.15, 0.2) is 0 Å². The summed E-state index contributed by atoms with van der Waals surface area (Å²) in [6.45, 7) is 5.43. The number of nitrogens with zero attached hydrogens (tertiary/aromatic N) is 3. The highest BCUT2D eigenvalue weighted by Gasteiger charge is 2.37. The largest absolute Gasteiger partial charge is 0.378 e. The predicted octanol–water partition coefficient (Wildman–Crippen LogP) is 4.30. The number of rotatable bonds is 4. The summed E-state index contributed by atoms with van der Waals surface area (Å²) in [6, 6.07) is 7.19. The maximum absolute atomic E-state index is 12.9. The minimum atomic E-state index is -0.462. The smallest absolute Gasteiger partial charge is 0.294 e. The van der Waals surface area contributed by atoms with Crippen molar-refractivity contribution in [1.29, 1.82) is 0 Å². The molecule has 168 valence electrons. The number of halogens is 2. The molecule has 3 heterocycles. The van der Waals surface area contributed by atoms with Crippen LogP contribution >= 0.6 is 35.0 Å². The van der Waals surface area contributed by atoms with Gasteiger partial charge < -0.3 is 14.2 Å². The van der Waals surface area contributed by atoms with Gasteiger partial charge in [0.2, 0.25) is 5.91 Å². The van der Waals surface area contributed by atoms with Crippen LogP contribution < -0.4 is 0 Å². The van der Waals surface area contributed by atoms with Crippen LogP contribution in [0.2, 0.25) is 10.0 Å². The molecule has 1 aromatic heterocycles. The van der Waals surface area contributed by atoms with Gasteiger partial charge in [-0.1, -0.05) is 23.2 Å². The SMILES string of the molecule is Cc1cc(/C=C2/SC(=O)N(CC(=O)N3CCOCC3)C2=O)c(C)n1-c1ccc(Cl)cc1Cl. The molecule has 0 N–H and O–H groups in total. The Hall–Kier alpha value is -2.26. The van der Waals surface area contributed by atoms with Gasteiger partial charge in [-0.25, -0.2) is 0 Å². The first kappa shape index (κ1) is 22.9. The molecular weight excluding hydrogens is 473 g/mol. The van der Waals surface area contributed by atoms with Crippen molar-refractivity contribution in [2.75, 3.05) is 32.8 Å². The number of imide groups is 1. The van der Waals surface area contributed by atoms with E-state index >= 15 is 0 Å². The number of ether oxygens (including phenoxy) is 1. The van der Waals surface area contributed by atoms with Crippen LogP contribution in [0.4, 0.5) is 4.79 Å². The molecule has 0 bridgehead atoms. The second-order valence-corrected chi connectivity index (χ2v) is 9.36. The number of thioether (sulfide) groups is 1. The molecule has 0 saturated carbocycles. The van der Waals surface area contributed by atoms with Crippen molar-refractivity contribution in [3.63, 3.8) is 0 Å². The molecule has 2 aliphatic heterocycles.